The van der Waals surface area contributed by atoms with Crippen LogP contribution in [0.3, 0.4) is 0 Å². The Balaban J connectivity index is 1.41. The van der Waals surface area contributed by atoms with Crippen LogP contribution in [-0.2, 0) is 11.2 Å². The molecule has 1 unspecified atom stereocenters. The lowest BCUT2D eigenvalue weighted by atomic mass is 10.0. The van der Waals surface area contributed by atoms with Gasteiger partial charge in [-0.3, -0.25) is 9.69 Å². The number of aromatic nitrogens is 1. The summed E-state index contributed by atoms with van der Waals surface area (Å²) in [6, 6.07) is 14.7. The smallest absolute Gasteiger partial charge is 0.226 e. The van der Waals surface area contributed by atoms with Gasteiger partial charge in [0.05, 0.1) is 25.3 Å². The maximum Gasteiger partial charge on any atom is 0.226 e. The van der Waals surface area contributed by atoms with Gasteiger partial charge in [-0.15, -0.1) is 11.3 Å². The van der Waals surface area contributed by atoms with Gasteiger partial charge in [0, 0.05) is 17.5 Å². The number of nitrogens with one attached hydrogen (secondary N) is 1. The molecule has 0 aliphatic carbocycles. The maximum atomic E-state index is 12.8. The van der Waals surface area contributed by atoms with Crippen LogP contribution >= 0.6 is 11.3 Å². The molecule has 1 saturated heterocycles. The number of aryl methyl sites for hydroxylation is 2. The second kappa shape index (κ2) is 10.3. The Hall–Kier alpha value is -2.70. The molecule has 3 aromatic rings. The zero-order chi connectivity index (χ0) is 22.5. The third kappa shape index (κ3) is 5.37. The predicted molar refractivity (Wildman–Crippen MR) is 130 cm³/mol. The van der Waals surface area contributed by atoms with Crippen molar-refractivity contribution < 1.29 is 9.53 Å². The van der Waals surface area contributed by atoms with Crippen LogP contribution in [0.15, 0.2) is 47.8 Å². The predicted octanol–water partition coefficient (Wildman–Crippen LogP) is 4.93. The molecular weight excluding hydrogens is 418 g/mol. The molecule has 1 aromatic heterocycles. The number of thiazole rings is 1. The molecule has 0 spiro atoms. The third-order valence-electron chi connectivity index (χ3n) is 6.06. The molecule has 5 nitrogen and oxygen atoms in total. The number of rotatable bonds is 8. The Morgan fingerprint density at radius 1 is 1.19 bits per heavy atom. The van der Waals surface area contributed by atoms with Crippen molar-refractivity contribution in [2.75, 3.05) is 26.7 Å². The maximum absolute atomic E-state index is 12.8. The Morgan fingerprint density at radius 2 is 2.00 bits per heavy atom. The van der Waals surface area contributed by atoms with Gasteiger partial charge in [-0.2, -0.15) is 0 Å². The standard InChI is InChI=1S/C26H31N3O2S/c1-18-9-10-23(19(2)13-18)26-28-21(17-32-26)15-25(30)27-16-24(29-11-4-5-12-29)20-7-6-8-22(14-20)31-3/h6-10,13-14,17,24H,4-5,11-12,15-16H2,1-3H3,(H,27,30). The van der Waals surface area contributed by atoms with Crippen LogP contribution in [0, 0.1) is 13.8 Å². The number of nitrogens with zero attached hydrogens (tertiary/aromatic N) is 2. The van der Waals surface area contributed by atoms with E-state index in [2.05, 4.69) is 54.4 Å². The third-order valence-corrected chi connectivity index (χ3v) is 6.98. The van der Waals surface area contributed by atoms with Crippen LogP contribution < -0.4 is 10.1 Å². The fraction of sp³-hybridized carbons (Fsp3) is 0.385. The molecule has 1 amide bonds. The minimum atomic E-state index is 0.00886. The van der Waals surface area contributed by atoms with E-state index < -0.39 is 0 Å². The summed E-state index contributed by atoms with van der Waals surface area (Å²) in [6.45, 7) is 6.90. The van der Waals surface area contributed by atoms with Crippen molar-refractivity contribution in [2.45, 2.75) is 39.2 Å². The van der Waals surface area contributed by atoms with Crippen molar-refractivity contribution in [3.8, 4) is 16.3 Å². The lowest BCUT2D eigenvalue weighted by Gasteiger charge is -2.28. The molecule has 1 atom stereocenters. The number of methoxy groups -OCH3 is 1. The fourth-order valence-corrected chi connectivity index (χ4v) is 5.27. The SMILES string of the molecule is COc1cccc(C(CNC(=O)Cc2csc(-c3ccc(C)cc3C)n2)N2CCCC2)c1. The molecule has 2 aromatic carbocycles. The fourth-order valence-electron chi connectivity index (χ4n) is 4.36. The molecule has 4 rings (SSSR count). The van der Waals surface area contributed by atoms with Crippen molar-refractivity contribution in [2.24, 2.45) is 0 Å². The molecule has 0 bridgehead atoms. The highest BCUT2D eigenvalue weighted by atomic mass is 32.1. The second-order valence-electron chi connectivity index (χ2n) is 8.48. The van der Waals surface area contributed by atoms with Gasteiger partial charge < -0.3 is 10.1 Å². The highest BCUT2D eigenvalue weighted by molar-refractivity contribution is 7.13. The van der Waals surface area contributed by atoms with Crippen molar-refractivity contribution in [1.29, 1.82) is 0 Å². The van der Waals surface area contributed by atoms with Crippen molar-refractivity contribution in [1.82, 2.24) is 15.2 Å². The van der Waals surface area contributed by atoms with Crippen molar-refractivity contribution in [3.05, 3.63) is 70.2 Å². The van der Waals surface area contributed by atoms with E-state index in [1.807, 2.05) is 17.5 Å². The van der Waals surface area contributed by atoms with Crippen LogP contribution in [0.5, 0.6) is 5.75 Å². The molecule has 168 valence electrons. The van der Waals surface area contributed by atoms with E-state index in [4.69, 9.17) is 9.72 Å². The first kappa shape index (κ1) is 22.5. The van der Waals surface area contributed by atoms with Gasteiger partial charge in [-0.1, -0.05) is 35.9 Å². The van der Waals surface area contributed by atoms with E-state index >= 15 is 0 Å². The van der Waals surface area contributed by atoms with Crippen LogP contribution in [0.25, 0.3) is 10.6 Å². The first-order chi connectivity index (χ1) is 15.5. The van der Waals surface area contributed by atoms with Crippen LogP contribution in [0.2, 0.25) is 0 Å². The van der Waals surface area contributed by atoms with Crippen LogP contribution in [0.1, 0.15) is 41.3 Å². The average Bonchev–Trinajstić information content (AvgIpc) is 3.47. The first-order valence-electron chi connectivity index (χ1n) is 11.2. The van der Waals surface area contributed by atoms with Gasteiger partial charge in [0.1, 0.15) is 10.8 Å². The number of benzene rings is 2. The quantitative estimate of drug-likeness (QED) is 0.530. The summed E-state index contributed by atoms with van der Waals surface area (Å²) in [4.78, 5) is 19.9. The molecule has 0 radical (unpaired) electrons. The van der Waals surface area contributed by atoms with Crippen LogP contribution in [0.4, 0.5) is 0 Å². The average molecular weight is 450 g/mol. The van der Waals surface area contributed by atoms with Gasteiger partial charge in [-0.05, 0) is 63.0 Å². The zero-order valence-corrected chi connectivity index (χ0v) is 19.9. The summed E-state index contributed by atoms with van der Waals surface area (Å²) in [5.74, 6) is 0.856. The molecule has 1 fully saturated rings. The molecule has 6 heteroatoms. The summed E-state index contributed by atoms with van der Waals surface area (Å²) in [5, 5.41) is 6.12. The number of carbonyl (C=O) groups is 1. The summed E-state index contributed by atoms with van der Waals surface area (Å²) < 4.78 is 5.41. The molecular formula is C26H31N3O2S. The minimum Gasteiger partial charge on any atom is -0.497 e. The molecule has 1 aliphatic heterocycles. The Bertz CT molecular complexity index is 1070. The molecule has 2 heterocycles. The zero-order valence-electron chi connectivity index (χ0n) is 19.1. The number of ether oxygens (including phenoxy) is 1. The van der Waals surface area contributed by atoms with Gasteiger partial charge in [0.25, 0.3) is 0 Å². The molecule has 1 N–H and O–H groups in total. The van der Waals surface area contributed by atoms with Gasteiger partial charge in [0.2, 0.25) is 5.91 Å². The number of carbonyl (C=O) groups excluding carboxylic acids is 1. The van der Waals surface area contributed by atoms with E-state index in [1.165, 1.54) is 29.5 Å². The highest BCUT2D eigenvalue weighted by Gasteiger charge is 2.24. The van der Waals surface area contributed by atoms with Gasteiger partial charge >= 0.3 is 0 Å². The number of likely N-dealkylation sites (tertiary alicyclic amines) is 1. The lowest BCUT2D eigenvalue weighted by Crippen LogP contribution is -2.37. The lowest BCUT2D eigenvalue weighted by molar-refractivity contribution is -0.120. The van der Waals surface area contributed by atoms with E-state index in [1.54, 1.807) is 18.4 Å². The summed E-state index contributed by atoms with van der Waals surface area (Å²) in [5.41, 5.74) is 5.59. The van der Waals surface area contributed by atoms with Gasteiger partial charge in [0.15, 0.2) is 0 Å². The Labute approximate surface area is 194 Å². The molecule has 1 aliphatic rings. The van der Waals surface area contributed by atoms with Crippen molar-refractivity contribution >= 4 is 17.2 Å². The number of hydrogen-bond acceptors (Lipinski definition) is 5. The van der Waals surface area contributed by atoms with E-state index in [0.29, 0.717) is 13.0 Å². The summed E-state index contributed by atoms with van der Waals surface area (Å²) >= 11 is 1.60. The Kier molecular flexibility index (Phi) is 7.22. The number of amides is 1. The van der Waals surface area contributed by atoms with Gasteiger partial charge in [-0.25, -0.2) is 4.98 Å². The van der Waals surface area contributed by atoms with E-state index in [9.17, 15) is 4.79 Å². The topological polar surface area (TPSA) is 54.5 Å². The van der Waals surface area contributed by atoms with Crippen molar-refractivity contribution in [3.63, 3.8) is 0 Å². The highest BCUT2D eigenvalue weighted by Crippen LogP contribution is 2.29. The van der Waals surface area contributed by atoms with Crippen LogP contribution in [-0.4, -0.2) is 42.5 Å². The summed E-state index contributed by atoms with van der Waals surface area (Å²) in [6.07, 6.45) is 2.70. The molecule has 32 heavy (non-hydrogen) atoms. The first-order valence-corrected chi connectivity index (χ1v) is 12.1. The Morgan fingerprint density at radius 3 is 2.75 bits per heavy atom. The molecule has 0 saturated carbocycles. The monoisotopic (exact) mass is 449 g/mol. The number of hydrogen-bond donors (Lipinski definition) is 1. The second-order valence-corrected chi connectivity index (χ2v) is 9.34. The minimum absolute atomic E-state index is 0.00886. The van der Waals surface area contributed by atoms with E-state index in [-0.39, 0.29) is 11.9 Å². The summed E-state index contributed by atoms with van der Waals surface area (Å²) in [7, 11) is 1.69. The normalized spacial score (nSPS) is 15.0. The van der Waals surface area contributed by atoms with E-state index in [0.717, 1.165) is 35.1 Å². The largest absolute Gasteiger partial charge is 0.497 e.